The van der Waals surface area contributed by atoms with Gasteiger partial charge in [-0.25, -0.2) is 4.79 Å². The first kappa shape index (κ1) is 10.6. The smallest absolute Gasteiger partial charge is 0.331 e. The zero-order valence-corrected chi connectivity index (χ0v) is 7.08. The third-order valence-corrected chi connectivity index (χ3v) is 1.30. The minimum Gasteiger partial charge on any atom is -0.448 e. The van der Waals surface area contributed by atoms with E-state index in [-0.39, 0.29) is 0 Å². The van der Waals surface area contributed by atoms with Crippen LogP contribution in [-0.4, -0.2) is 17.9 Å². The molecule has 3 heteroatoms. The fourth-order valence-corrected chi connectivity index (χ4v) is 0.672. The van der Waals surface area contributed by atoms with Gasteiger partial charge >= 0.3 is 5.97 Å². The van der Waals surface area contributed by atoms with E-state index in [0.717, 1.165) is 6.08 Å². The van der Waals surface area contributed by atoms with Crippen molar-refractivity contribution in [3.63, 3.8) is 0 Å². The molecule has 0 saturated carbocycles. The highest BCUT2D eigenvalue weighted by atomic mass is 16.6. The van der Waals surface area contributed by atoms with Gasteiger partial charge in [0.2, 0.25) is 0 Å². The summed E-state index contributed by atoms with van der Waals surface area (Å²) in [5.41, 5.74) is -1.10. The van der Waals surface area contributed by atoms with E-state index in [1.807, 2.05) is 0 Å². The summed E-state index contributed by atoms with van der Waals surface area (Å²) in [6.45, 7) is 8.19. The topological polar surface area (TPSA) is 43.4 Å². The van der Waals surface area contributed by atoms with E-state index in [9.17, 15) is 9.59 Å². The van der Waals surface area contributed by atoms with Gasteiger partial charge in [-0.2, -0.15) is 0 Å². The highest BCUT2D eigenvalue weighted by Crippen LogP contribution is 2.12. The van der Waals surface area contributed by atoms with E-state index in [0.29, 0.717) is 12.7 Å². The molecule has 0 aromatic rings. The fraction of sp³-hybridized carbons (Fsp3) is 0.333. The molecule has 0 aromatic carbocycles. The Balaban J connectivity index is 4.31. The molecule has 0 aliphatic heterocycles. The van der Waals surface area contributed by atoms with Crippen LogP contribution in [0, 0.1) is 0 Å². The lowest BCUT2D eigenvalue weighted by molar-refractivity contribution is -0.155. The van der Waals surface area contributed by atoms with Crippen LogP contribution < -0.4 is 0 Å². The molecule has 1 atom stereocenters. The van der Waals surface area contributed by atoms with Gasteiger partial charge in [-0.3, -0.25) is 4.79 Å². The number of aldehydes is 1. The largest absolute Gasteiger partial charge is 0.448 e. The number of hydrogen-bond acceptors (Lipinski definition) is 3. The molecule has 0 aromatic heterocycles. The van der Waals surface area contributed by atoms with Crippen molar-refractivity contribution in [1.29, 1.82) is 0 Å². The summed E-state index contributed by atoms with van der Waals surface area (Å²) in [7, 11) is 0. The van der Waals surface area contributed by atoms with Gasteiger partial charge in [-0.05, 0) is 6.92 Å². The van der Waals surface area contributed by atoms with Gasteiger partial charge in [-0.15, -0.1) is 6.58 Å². The van der Waals surface area contributed by atoms with E-state index < -0.39 is 11.6 Å². The lowest BCUT2D eigenvalue weighted by Gasteiger charge is -2.20. The summed E-state index contributed by atoms with van der Waals surface area (Å²) in [5, 5.41) is 0. The predicted molar refractivity (Wildman–Crippen MR) is 45.6 cm³/mol. The van der Waals surface area contributed by atoms with Gasteiger partial charge in [-0.1, -0.05) is 12.7 Å². The Morgan fingerprint density at radius 2 is 2.17 bits per heavy atom. The second-order valence-corrected chi connectivity index (χ2v) is 2.55. The lowest BCUT2D eigenvalue weighted by atomic mass is 10.1. The van der Waals surface area contributed by atoms with Crippen molar-refractivity contribution in [2.45, 2.75) is 18.9 Å². The average Bonchev–Trinajstić information content (AvgIpc) is 2.05. The van der Waals surface area contributed by atoms with Crippen molar-refractivity contribution in [2.24, 2.45) is 0 Å². The quantitative estimate of drug-likeness (QED) is 0.268. The summed E-state index contributed by atoms with van der Waals surface area (Å²) < 4.78 is 4.78. The Hall–Kier alpha value is -1.38. The molecule has 0 fully saturated rings. The predicted octanol–water partition coefficient (Wildman–Crippen LogP) is 1.25. The van der Waals surface area contributed by atoms with Crippen molar-refractivity contribution in [3.8, 4) is 0 Å². The zero-order chi connectivity index (χ0) is 9.61. The molecular weight excluding hydrogens is 156 g/mol. The van der Waals surface area contributed by atoms with E-state index in [2.05, 4.69) is 13.2 Å². The number of hydrogen-bond donors (Lipinski definition) is 0. The highest BCUT2D eigenvalue weighted by molar-refractivity contribution is 5.83. The van der Waals surface area contributed by atoms with Gasteiger partial charge in [0.05, 0.1) is 0 Å². The van der Waals surface area contributed by atoms with Crippen molar-refractivity contribution < 1.29 is 14.3 Å². The number of carbonyl (C=O) groups is 2. The van der Waals surface area contributed by atoms with Crippen LogP contribution in [0.5, 0.6) is 0 Å². The maximum atomic E-state index is 10.7. The molecule has 0 saturated heterocycles. The van der Waals surface area contributed by atoms with E-state index in [4.69, 9.17) is 4.74 Å². The molecule has 0 heterocycles. The van der Waals surface area contributed by atoms with Crippen LogP contribution in [-0.2, 0) is 14.3 Å². The van der Waals surface area contributed by atoms with Crippen LogP contribution in [0.2, 0.25) is 0 Å². The molecule has 66 valence electrons. The molecule has 1 unspecified atom stereocenters. The molecule has 12 heavy (non-hydrogen) atoms. The van der Waals surface area contributed by atoms with Crippen LogP contribution in [0.25, 0.3) is 0 Å². The molecule has 0 N–H and O–H groups in total. The summed E-state index contributed by atoms with van der Waals surface area (Å²) in [5.74, 6) is -0.605. The summed E-state index contributed by atoms with van der Waals surface area (Å²) in [6, 6.07) is 0. The SMILES string of the molecule is C=CCC(C)(C=O)OC(=O)C=C. The summed E-state index contributed by atoms with van der Waals surface area (Å²) in [6.07, 6.45) is 3.42. The van der Waals surface area contributed by atoms with Gasteiger partial charge < -0.3 is 4.74 Å². The summed E-state index contributed by atoms with van der Waals surface area (Å²) in [4.78, 5) is 21.2. The van der Waals surface area contributed by atoms with Crippen molar-refractivity contribution in [1.82, 2.24) is 0 Å². The Kier molecular flexibility index (Phi) is 3.97. The zero-order valence-electron chi connectivity index (χ0n) is 7.08. The van der Waals surface area contributed by atoms with Crippen LogP contribution >= 0.6 is 0 Å². The third kappa shape index (κ3) is 3.14. The van der Waals surface area contributed by atoms with E-state index >= 15 is 0 Å². The van der Waals surface area contributed by atoms with Gasteiger partial charge in [0.1, 0.15) is 0 Å². The molecular formula is C9H12O3. The molecule has 0 spiro atoms. The lowest BCUT2D eigenvalue weighted by Crippen LogP contribution is -2.32. The van der Waals surface area contributed by atoms with Gasteiger partial charge in [0, 0.05) is 12.5 Å². The fourth-order valence-electron chi connectivity index (χ4n) is 0.672. The molecule has 0 bridgehead atoms. The Morgan fingerprint density at radius 3 is 2.50 bits per heavy atom. The van der Waals surface area contributed by atoms with Crippen LogP contribution in [0.4, 0.5) is 0 Å². The van der Waals surface area contributed by atoms with Gasteiger partial charge in [0.25, 0.3) is 0 Å². The monoisotopic (exact) mass is 168 g/mol. The van der Waals surface area contributed by atoms with Gasteiger partial charge in [0.15, 0.2) is 11.9 Å². The highest BCUT2D eigenvalue weighted by Gasteiger charge is 2.25. The van der Waals surface area contributed by atoms with E-state index in [1.165, 1.54) is 13.0 Å². The first-order valence-electron chi connectivity index (χ1n) is 3.50. The molecule has 0 aliphatic carbocycles. The number of esters is 1. The minimum absolute atomic E-state index is 0.302. The normalized spacial score (nSPS) is 14.1. The molecule has 0 radical (unpaired) electrons. The molecule has 0 rings (SSSR count). The molecule has 0 amide bonds. The molecule has 0 aliphatic rings. The minimum atomic E-state index is -1.10. The van der Waals surface area contributed by atoms with E-state index in [1.54, 1.807) is 0 Å². The second kappa shape index (κ2) is 4.49. The first-order valence-corrected chi connectivity index (χ1v) is 3.50. The molecule has 3 nitrogen and oxygen atoms in total. The summed E-state index contributed by atoms with van der Waals surface area (Å²) >= 11 is 0. The second-order valence-electron chi connectivity index (χ2n) is 2.55. The van der Waals surface area contributed by atoms with Crippen LogP contribution in [0.1, 0.15) is 13.3 Å². The first-order chi connectivity index (χ1) is 5.58. The average molecular weight is 168 g/mol. The maximum Gasteiger partial charge on any atom is 0.331 e. The number of rotatable bonds is 5. The Labute approximate surface area is 71.7 Å². The Bertz CT molecular complexity index is 208. The van der Waals surface area contributed by atoms with Crippen LogP contribution in [0.3, 0.4) is 0 Å². The number of carbonyl (C=O) groups excluding carboxylic acids is 2. The maximum absolute atomic E-state index is 10.7. The van der Waals surface area contributed by atoms with Crippen molar-refractivity contribution in [3.05, 3.63) is 25.3 Å². The third-order valence-electron chi connectivity index (χ3n) is 1.30. The number of ether oxygens (including phenoxy) is 1. The standard InChI is InChI=1S/C9H12O3/c1-4-6-9(3,7-10)12-8(11)5-2/h4-5,7H,1-2,6H2,3H3. The Morgan fingerprint density at radius 1 is 1.58 bits per heavy atom. The van der Waals surface area contributed by atoms with Crippen molar-refractivity contribution >= 4 is 12.3 Å². The van der Waals surface area contributed by atoms with Crippen LogP contribution in [0.15, 0.2) is 25.3 Å². The van der Waals surface area contributed by atoms with Crippen molar-refractivity contribution in [2.75, 3.05) is 0 Å².